The third-order valence-electron chi connectivity index (χ3n) is 12.3. The number of ether oxygens (including phenoxy) is 4. The number of methoxy groups -OCH3 is 4. The lowest BCUT2D eigenvalue weighted by atomic mass is 9.61. The number of hydrogen-bond donors (Lipinski definition) is 5. The van der Waals surface area contributed by atoms with Crippen molar-refractivity contribution in [2.75, 3.05) is 95.6 Å². The third kappa shape index (κ3) is 35.4. The van der Waals surface area contributed by atoms with Crippen molar-refractivity contribution >= 4 is 24.8 Å². The zero-order valence-electron chi connectivity index (χ0n) is 50.3. The number of benzene rings is 1. The molecule has 438 valence electrons. The quantitative estimate of drug-likeness (QED) is 0.0229. The summed E-state index contributed by atoms with van der Waals surface area (Å²) in [4.78, 5) is 40.4. The summed E-state index contributed by atoms with van der Waals surface area (Å²) < 4.78 is 56.8. The van der Waals surface area contributed by atoms with E-state index in [9.17, 15) is 32.7 Å². The fourth-order valence-electron chi connectivity index (χ4n) is 6.90. The van der Waals surface area contributed by atoms with Crippen molar-refractivity contribution < 1.29 is 56.7 Å². The van der Waals surface area contributed by atoms with Crippen molar-refractivity contribution in [2.24, 2.45) is 38.8 Å². The summed E-state index contributed by atoms with van der Waals surface area (Å²) in [7, 11) is 11.8. The molecule has 0 bridgehead atoms. The van der Waals surface area contributed by atoms with Gasteiger partial charge in [0.05, 0.1) is 31.0 Å². The van der Waals surface area contributed by atoms with Gasteiger partial charge in [-0.1, -0.05) is 95.2 Å². The highest BCUT2D eigenvalue weighted by atomic mass is 19.4. The maximum Gasteiger partial charge on any atom is 0.416 e. The van der Waals surface area contributed by atoms with E-state index in [2.05, 4.69) is 61.4 Å². The number of aliphatic hydroxyl groups excluding tert-OH is 2. The Balaban J connectivity index is -0.000000199. The number of aldehydes is 1. The molecular formula is C56H109F3N6O9. The Morgan fingerprint density at radius 1 is 0.973 bits per heavy atom. The van der Waals surface area contributed by atoms with Crippen LogP contribution in [0.5, 0.6) is 0 Å². The predicted molar refractivity (Wildman–Crippen MR) is 302 cm³/mol. The molecule has 0 aliphatic heterocycles. The molecule has 6 atom stereocenters. The minimum Gasteiger partial charge on any atom is -0.492 e. The average Bonchev–Trinajstić information content (AvgIpc) is 3.37. The third-order valence-corrected chi connectivity index (χ3v) is 12.3. The first-order chi connectivity index (χ1) is 34.5. The molecule has 6 N–H and O–H groups in total. The van der Waals surface area contributed by atoms with Crippen LogP contribution < -0.4 is 16.4 Å². The second-order valence-corrected chi connectivity index (χ2v) is 18.7. The zero-order chi connectivity index (χ0) is 59.5. The maximum atomic E-state index is 12.4. The van der Waals surface area contributed by atoms with Gasteiger partial charge in [0, 0.05) is 112 Å². The van der Waals surface area contributed by atoms with Gasteiger partial charge in [-0.05, 0) is 81.2 Å². The number of halogens is 3. The van der Waals surface area contributed by atoms with Crippen molar-refractivity contribution in [1.82, 2.24) is 20.4 Å². The van der Waals surface area contributed by atoms with Crippen LogP contribution in [0.3, 0.4) is 0 Å². The first kappa shape index (κ1) is 81.5. The summed E-state index contributed by atoms with van der Waals surface area (Å²) in [6.45, 7) is 41.5. The minimum absolute atomic E-state index is 0.0382. The zero-order valence-corrected chi connectivity index (χ0v) is 50.3. The lowest BCUT2D eigenvalue weighted by Crippen LogP contribution is -2.54. The van der Waals surface area contributed by atoms with E-state index < -0.39 is 18.0 Å². The number of likely N-dealkylation sites (N-methyl/N-ethyl adjacent to an activating group) is 1. The normalized spacial score (nSPS) is 15.6. The van der Waals surface area contributed by atoms with Gasteiger partial charge in [0.25, 0.3) is 0 Å². The summed E-state index contributed by atoms with van der Waals surface area (Å²) in [5.41, 5.74) is 5.61. The van der Waals surface area contributed by atoms with E-state index in [1.54, 1.807) is 59.3 Å². The number of aliphatic hydroxyl groups is 2. The van der Waals surface area contributed by atoms with Crippen molar-refractivity contribution in [1.29, 1.82) is 0 Å². The van der Waals surface area contributed by atoms with Crippen LogP contribution in [-0.4, -0.2) is 153 Å². The van der Waals surface area contributed by atoms with Crippen LogP contribution in [0.1, 0.15) is 157 Å². The molecule has 18 heteroatoms. The molecule has 3 unspecified atom stereocenters. The Morgan fingerprint density at radius 2 is 1.47 bits per heavy atom. The fourth-order valence-corrected chi connectivity index (χ4v) is 6.90. The van der Waals surface area contributed by atoms with Crippen molar-refractivity contribution in [3.8, 4) is 0 Å². The molecule has 0 radical (unpaired) electrons. The van der Waals surface area contributed by atoms with Gasteiger partial charge in [-0.15, -0.1) is 6.58 Å². The van der Waals surface area contributed by atoms with E-state index in [0.717, 1.165) is 44.5 Å². The van der Waals surface area contributed by atoms with Crippen LogP contribution in [0.25, 0.3) is 0 Å². The number of carbonyl (C=O) groups is 3. The molecule has 1 aliphatic carbocycles. The van der Waals surface area contributed by atoms with Crippen LogP contribution in [0.15, 0.2) is 47.9 Å². The molecule has 2 rings (SSSR count). The molecule has 74 heavy (non-hydrogen) atoms. The molecule has 1 aromatic rings. The number of aliphatic imine (C=N–C) groups is 1. The number of carbonyl (C=O) groups excluding carboxylic acids is 3. The minimum atomic E-state index is -4.40. The molecule has 1 aliphatic rings. The van der Waals surface area contributed by atoms with Crippen LogP contribution in [0.4, 0.5) is 13.2 Å². The Hall–Kier alpha value is -3.91. The molecule has 1 aromatic carbocycles. The molecule has 0 saturated heterocycles. The summed E-state index contributed by atoms with van der Waals surface area (Å²) >= 11 is 0. The van der Waals surface area contributed by atoms with Crippen LogP contribution in [0.2, 0.25) is 0 Å². The molecule has 0 heterocycles. The highest BCUT2D eigenvalue weighted by molar-refractivity contribution is 5.81. The molecule has 1 saturated carbocycles. The van der Waals surface area contributed by atoms with E-state index in [1.807, 2.05) is 82.4 Å². The molecule has 1 fully saturated rings. The highest BCUT2D eigenvalue weighted by Gasteiger charge is 2.43. The topological polar surface area (TPSA) is 198 Å². The SMILES string of the molecule is C=CC(C)(COC)COC.C=N/C(O)=C\NC.CC.CC.CCC(C)c1ccc(C(F)(F)F)cc1C=O.CC[C@H](N)C(=O)N(CC)CC.COC.COC[C@H](C)C(C)(CNC(O)[C@H]1CCC1(C)C)CN(C)C(C)=O. The van der Waals surface area contributed by atoms with E-state index in [0.29, 0.717) is 50.7 Å². The number of nitrogens with one attached hydrogen (secondary N) is 2. The Kier molecular flexibility index (Phi) is 51.1. The smallest absolute Gasteiger partial charge is 0.416 e. The molecule has 2 amide bonds. The second kappa shape index (κ2) is 46.4. The van der Waals surface area contributed by atoms with Gasteiger partial charge in [0.15, 0.2) is 0 Å². The summed E-state index contributed by atoms with van der Waals surface area (Å²) in [6, 6.07) is 3.01. The molecule has 0 spiro atoms. The molecular weight excluding hydrogens is 958 g/mol. The van der Waals surface area contributed by atoms with Crippen LogP contribution in [0, 0.1) is 28.1 Å². The Labute approximate surface area is 448 Å². The monoisotopic (exact) mass is 1070 g/mol. The summed E-state index contributed by atoms with van der Waals surface area (Å²) in [5.74, 6) is 0.683. The average molecular weight is 1070 g/mol. The lowest BCUT2D eigenvalue weighted by Gasteiger charge is -2.48. The van der Waals surface area contributed by atoms with Gasteiger partial charge in [-0.2, -0.15) is 13.2 Å². The first-order valence-corrected chi connectivity index (χ1v) is 25.9. The lowest BCUT2D eigenvalue weighted by molar-refractivity contribution is -0.137. The predicted octanol–water partition coefficient (Wildman–Crippen LogP) is 10.8. The van der Waals surface area contributed by atoms with Crippen LogP contribution in [-0.2, 0) is 34.7 Å². The van der Waals surface area contributed by atoms with Crippen molar-refractivity contribution in [3.05, 3.63) is 59.6 Å². The van der Waals surface area contributed by atoms with Gasteiger partial charge in [0.1, 0.15) is 12.5 Å². The number of nitrogens with two attached hydrogens (primary N) is 1. The largest absolute Gasteiger partial charge is 0.492 e. The van der Waals surface area contributed by atoms with Crippen molar-refractivity contribution in [2.45, 2.75) is 154 Å². The fraction of sp³-hybridized carbons (Fsp3) is 0.750. The Bertz CT molecular complexity index is 1610. The van der Waals surface area contributed by atoms with Gasteiger partial charge in [-0.3, -0.25) is 19.7 Å². The van der Waals surface area contributed by atoms with Gasteiger partial charge in [0.2, 0.25) is 17.7 Å². The number of nitrogens with zero attached hydrogens (tertiary/aromatic N) is 3. The van der Waals surface area contributed by atoms with Gasteiger partial charge in [-0.25, -0.2) is 4.99 Å². The summed E-state index contributed by atoms with van der Waals surface area (Å²) in [5, 5.41) is 24.8. The second-order valence-electron chi connectivity index (χ2n) is 18.7. The maximum absolute atomic E-state index is 12.4. The van der Waals surface area contributed by atoms with E-state index in [-0.39, 0.29) is 57.4 Å². The van der Waals surface area contributed by atoms with Gasteiger partial charge < -0.3 is 50.0 Å². The number of hydrogen-bond acceptors (Lipinski definition) is 13. The standard InChI is InChI=1S/C18H36N2O3.C12H13F3O.C8H18N2O.C8H16O2.C4H8N2O.C2H6O.2C2H6/c1-13(10-23-7)18(5,12-20(6)14(2)21)11-19-16(22)15-8-9-17(15,3)4;1-3-8(2)11-5-4-10(12(13,14)15)6-9(11)7-16;1-4-7(9)8(11)10(5-2)6-3;1-5-8(2,6-9-3)7-10-4;1-5-3-4(7)6-2;1-3-2;2*1-2/h13,15-16,19,22H,8-12H2,1-7H3;4-8H,3H2,1-2H3;7H,4-6,9H2,1-3H3;5H,1,6-7H2,2-4H3;3,5,7H,2H2,1H3;1-2H3;2*1-2H3/b;;;;4-3+;;;/t13-,15+,16?,18?;;7-;;;;;/m0.0...../s1. The molecule has 15 nitrogen and oxygen atoms in total. The molecule has 0 aromatic heterocycles. The van der Waals surface area contributed by atoms with E-state index >= 15 is 0 Å². The van der Waals surface area contributed by atoms with Crippen LogP contribution >= 0.6 is 0 Å². The number of rotatable bonds is 23. The van der Waals surface area contributed by atoms with E-state index in [4.69, 9.17) is 25.1 Å². The van der Waals surface area contributed by atoms with Gasteiger partial charge >= 0.3 is 6.18 Å². The summed E-state index contributed by atoms with van der Waals surface area (Å²) in [6.07, 6.45) is 2.53. The van der Waals surface area contributed by atoms with E-state index in [1.165, 1.54) is 18.7 Å². The van der Waals surface area contributed by atoms with Crippen molar-refractivity contribution in [3.63, 3.8) is 0 Å². The first-order valence-electron chi connectivity index (χ1n) is 25.9. The number of alkyl halides is 3. The highest BCUT2D eigenvalue weighted by Crippen LogP contribution is 2.47. The number of amides is 2. The Morgan fingerprint density at radius 3 is 1.77 bits per heavy atom.